The molecule has 1 aromatic rings. The van der Waals surface area contributed by atoms with Crippen molar-refractivity contribution in [2.24, 2.45) is 0 Å². The summed E-state index contributed by atoms with van der Waals surface area (Å²) in [4.78, 5) is 63.4. The molecule has 1 saturated heterocycles. The Morgan fingerprint density at radius 3 is 2.47 bits per heavy atom. The van der Waals surface area contributed by atoms with Crippen molar-refractivity contribution in [1.29, 1.82) is 0 Å². The van der Waals surface area contributed by atoms with Gasteiger partial charge in [-0.2, -0.15) is 4.31 Å². The van der Waals surface area contributed by atoms with Crippen molar-refractivity contribution in [2.75, 3.05) is 6.61 Å². The number of carbonyl (C=O) groups is 1. The number of esters is 1. The van der Waals surface area contributed by atoms with Gasteiger partial charge < -0.3 is 34.4 Å². The lowest BCUT2D eigenvalue weighted by Gasteiger charge is -2.21. The lowest BCUT2D eigenvalue weighted by Crippen LogP contribution is -2.41. The van der Waals surface area contributed by atoms with Crippen molar-refractivity contribution in [3.8, 4) is 0 Å². The number of rotatable bonds is 8. The SMILES string of the molecule is CC(=O)O[C@H]1C(O)[C@@H](COP(=O)(O)OP(=O)(O)O)O[C@H]1n1cc(CO)c(=O)[nH]c1=O. The normalized spacial score (nSPS) is 26.3. The van der Waals surface area contributed by atoms with E-state index in [9.17, 15) is 38.6 Å². The number of hydrogen-bond donors (Lipinski definition) is 6. The van der Waals surface area contributed by atoms with Gasteiger partial charge in [-0.3, -0.25) is 23.7 Å². The van der Waals surface area contributed by atoms with E-state index in [0.29, 0.717) is 4.57 Å². The number of nitrogens with one attached hydrogen (secondary N) is 1. The lowest BCUT2D eigenvalue weighted by atomic mass is 10.1. The second-order valence-corrected chi connectivity index (χ2v) is 8.77. The molecule has 1 aliphatic heterocycles. The lowest BCUT2D eigenvalue weighted by molar-refractivity contribution is -0.156. The smallest absolute Gasteiger partial charge is 0.455 e. The van der Waals surface area contributed by atoms with E-state index in [1.54, 1.807) is 0 Å². The number of nitrogens with zero attached hydrogens (tertiary/aromatic N) is 1. The highest BCUT2D eigenvalue weighted by Crippen LogP contribution is 2.57. The van der Waals surface area contributed by atoms with Crippen LogP contribution in [0.2, 0.25) is 0 Å². The molecule has 1 fully saturated rings. The summed E-state index contributed by atoms with van der Waals surface area (Å²) < 4.78 is 41.2. The molecule has 0 aliphatic carbocycles. The Morgan fingerprint density at radius 2 is 1.93 bits per heavy atom. The fourth-order valence-corrected chi connectivity index (χ4v) is 4.15. The van der Waals surface area contributed by atoms with Crippen molar-refractivity contribution < 1.29 is 57.1 Å². The molecule has 0 spiro atoms. The van der Waals surface area contributed by atoms with Crippen LogP contribution in [-0.4, -0.2) is 65.3 Å². The highest BCUT2D eigenvalue weighted by atomic mass is 31.3. The first-order valence-corrected chi connectivity index (χ1v) is 11.0. The first-order chi connectivity index (χ1) is 13.7. The quantitative estimate of drug-likeness (QED) is 0.167. The fourth-order valence-electron chi connectivity index (χ4n) is 2.55. The summed E-state index contributed by atoms with van der Waals surface area (Å²) in [5.41, 5.74) is -2.20. The van der Waals surface area contributed by atoms with Gasteiger partial charge in [0.2, 0.25) is 0 Å². The number of ether oxygens (including phenoxy) is 2. The van der Waals surface area contributed by atoms with Gasteiger partial charge in [-0.25, -0.2) is 13.9 Å². The minimum absolute atomic E-state index is 0.260. The summed E-state index contributed by atoms with van der Waals surface area (Å²) >= 11 is 0. The van der Waals surface area contributed by atoms with E-state index in [4.69, 9.17) is 19.3 Å². The number of aromatic nitrogens is 2. The average molecular weight is 476 g/mol. The summed E-state index contributed by atoms with van der Waals surface area (Å²) in [6.45, 7) is -0.755. The molecule has 2 rings (SSSR count). The molecule has 0 bridgehead atoms. The zero-order valence-electron chi connectivity index (χ0n) is 15.1. The van der Waals surface area contributed by atoms with Gasteiger partial charge >= 0.3 is 27.3 Å². The summed E-state index contributed by atoms with van der Waals surface area (Å²) in [7, 11) is -10.7. The number of phosphoric ester groups is 1. The van der Waals surface area contributed by atoms with Crippen molar-refractivity contribution in [1.82, 2.24) is 9.55 Å². The Kier molecular flexibility index (Phi) is 7.53. The van der Waals surface area contributed by atoms with Gasteiger partial charge in [0.15, 0.2) is 12.3 Å². The molecule has 2 unspecified atom stereocenters. The summed E-state index contributed by atoms with van der Waals surface area (Å²) in [5, 5.41) is 19.5. The molecule has 0 saturated carbocycles. The van der Waals surface area contributed by atoms with E-state index in [1.807, 2.05) is 4.98 Å². The average Bonchev–Trinajstić information content (AvgIpc) is 2.87. The summed E-state index contributed by atoms with van der Waals surface area (Å²) in [6, 6.07) is 0. The molecule has 30 heavy (non-hydrogen) atoms. The van der Waals surface area contributed by atoms with Crippen molar-refractivity contribution in [3.63, 3.8) is 0 Å². The first kappa shape index (κ1) is 24.6. The minimum Gasteiger partial charge on any atom is -0.455 e. The Bertz CT molecular complexity index is 997. The van der Waals surface area contributed by atoms with Crippen LogP contribution in [0.25, 0.3) is 0 Å². The van der Waals surface area contributed by atoms with Crippen LogP contribution in [0.3, 0.4) is 0 Å². The van der Waals surface area contributed by atoms with Crippen molar-refractivity contribution in [3.05, 3.63) is 32.6 Å². The number of aliphatic hydroxyl groups excluding tert-OH is 2. The zero-order chi connectivity index (χ0) is 22.9. The number of aromatic amines is 1. The second-order valence-electron chi connectivity index (χ2n) is 5.95. The number of hydrogen-bond acceptors (Lipinski definition) is 11. The van der Waals surface area contributed by atoms with Gasteiger partial charge in [-0.1, -0.05) is 0 Å². The van der Waals surface area contributed by atoms with E-state index in [1.165, 1.54) is 0 Å². The zero-order valence-corrected chi connectivity index (χ0v) is 16.8. The fraction of sp³-hybridized carbons (Fsp3) is 0.583. The van der Waals surface area contributed by atoms with Gasteiger partial charge in [0, 0.05) is 13.1 Å². The van der Waals surface area contributed by atoms with Crippen LogP contribution in [0.15, 0.2) is 15.8 Å². The maximum atomic E-state index is 12.1. The number of aliphatic hydroxyl groups is 2. The molecule has 18 heteroatoms. The Morgan fingerprint density at radius 1 is 1.30 bits per heavy atom. The first-order valence-electron chi connectivity index (χ1n) is 7.94. The summed E-state index contributed by atoms with van der Waals surface area (Å²) in [5.74, 6) is -0.897. The van der Waals surface area contributed by atoms with E-state index in [0.717, 1.165) is 13.1 Å². The van der Waals surface area contributed by atoms with Gasteiger partial charge in [-0.05, 0) is 0 Å². The highest BCUT2D eigenvalue weighted by Gasteiger charge is 2.48. The standard InChI is InChI=1S/C12H18N2O14P2/c1-5(16)26-9-8(17)7(4-25-30(23,24)28-29(20,21)22)27-11(9)14-2-6(3-15)10(18)13-12(14)19/h2,7-9,11,15,17H,3-4H2,1H3,(H,23,24)(H,13,18,19)(H2,20,21,22)/t7-,8?,9+,11-/m1/s1. The molecule has 0 radical (unpaired) electrons. The summed E-state index contributed by atoms with van der Waals surface area (Å²) in [6.07, 6.45) is -5.52. The van der Waals surface area contributed by atoms with Gasteiger partial charge in [0.25, 0.3) is 5.56 Å². The molecule has 6 N–H and O–H groups in total. The monoisotopic (exact) mass is 476 g/mol. The molecule has 2 heterocycles. The van der Waals surface area contributed by atoms with Crippen molar-refractivity contribution >= 4 is 21.6 Å². The van der Waals surface area contributed by atoms with Crippen LogP contribution in [0, 0.1) is 0 Å². The van der Waals surface area contributed by atoms with Crippen LogP contribution < -0.4 is 11.2 Å². The van der Waals surface area contributed by atoms with E-state index < -0.39 is 70.6 Å². The third-order valence-electron chi connectivity index (χ3n) is 3.71. The van der Waals surface area contributed by atoms with Crippen LogP contribution in [0.4, 0.5) is 0 Å². The number of H-pyrrole nitrogens is 1. The molecule has 1 aliphatic rings. The molecule has 0 amide bonds. The Labute approximate surface area is 166 Å². The third-order valence-corrected chi connectivity index (χ3v) is 5.86. The predicted octanol–water partition coefficient (Wildman–Crippen LogP) is -2.55. The van der Waals surface area contributed by atoms with Crippen molar-refractivity contribution in [2.45, 2.75) is 38.1 Å². The molecule has 1 aromatic heterocycles. The number of carbonyl (C=O) groups excluding carboxylic acids is 1. The van der Waals surface area contributed by atoms with Gasteiger partial charge in [0.05, 0.1) is 18.8 Å². The highest BCUT2D eigenvalue weighted by molar-refractivity contribution is 7.60. The Hall–Kier alpha value is -1.71. The van der Waals surface area contributed by atoms with E-state index >= 15 is 0 Å². The van der Waals surface area contributed by atoms with Gasteiger partial charge in [0.1, 0.15) is 12.2 Å². The van der Waals surface area contributed by atoms with Crippen LogP contribution in [-0.2, 0) is 38.8 Å². The number of phosphoric acid groups is 2. The largest absolute Gasteiger partial charge is 0.481 e. The minimum atomic E-state index is -5.39. The van der Waals surface area contributed by atoms with Gasteiger partial charge in [-0.15, -0.1) is 0 Å². The molecule has 5 atom stereocenters. The molecular formula is C12H18N2O14P2. The molecular weight excluding hydrogens is 458 g/mol. The maximum absolute atomic E-state index is 12.1. The third kappa shape index (κ3) is 6.15. The second kappa shape index (κ2) is 9.20. The van der Waals surface area contributed by atoms with Crippen LogP contribution >= 0.6 is 15.6 Å². The van der Waals surface area contributed by atoms with Crippen LogP contribution in [0.1, 0.15) is 18.7 Å². The maximum Gasteiger partial charge on any atom is 0.481 e. The van der Waals surface area contributed by atoms with E-state index in [-0.39, 0.29) is 5.56 Å². The predicted molar refractivity (Wildman–Crippen MR) is 91.6 cm³/mol. The van der Waals surface area contributed by atoms with E-state index in [2.05, 4.69) is 8.83 Å². The van der Waals surface area contributed by atoms with Crippen LogP contribution in [0.5, 0.6) is 0 Å². The topological polar surface area (TPSA) is 244 Å². The Balaban J connectivity index is 2.30. The molecule has 170 valence electrons. The molecule has 0 aromatic carbocycles. The molecule has 16 nitrogen and oxygen atoms in total.